The fraction of sp³-hybridized carbons (Fsp3) is 0.0952. The van der Waals surface area contributed by atoms with Gasteiger partial charge < -0.3 is 4.57 Å². The molecule has 0 bridgehead atoms. The van der Waals surface area contributed by atoms with Crippen LogP contribution in [0.5, 0.6) is 0 Å². The summed E-state index contributed by atoms with van der Waals surface area (Å²) >= 11 is 3.34. The Hall–Kier alpha value is -2.48. The number of hydrogen-bond donors (Lipinski definition) is 1. The lowest BCUT2D eigenvalue weighted by Gasteiger charge is -2.20. The lowest BCUT2D eigenvalue weighted by Crippen LogP contribution is -2.31. The average Bonchev–Trinajstić information content (AvgIpc) is 3.04. The minimum absolute atomic E-state index is 0.190. The molecule has 4 rings (SSSR count). The molecule has 0 fully saturated rings. The summed E-state index contributed by atoms with van der Waals surface area (Å²) in [6, 6.07) is 23.3. The highest BCUT2D eigenvalue weighted by molar-refractivity contribution is 9.10. The molecule has 7 heteroatoms. The van der Waals surface area contributed by atoms with Crippen LogP contribution in [-0.2, 0) is 17.1 Å². The summed E-state index contributed by atoms with van der Waals surface area (Å²) in [5, 5.41) is 0. The molecule has 1 N–H and O–H groups in total. The van der Waals surface area contributed by atoms with E-state index in [1.807, 2.05) is 66.2 Å². The van der Waals surface area contributed by atoms with Crippen LogP contribution in [0.25, 0.3) is 11.0 Å². The smallest absolute Gasteiger partial charge is 0.242 e. The molecule has 1 atom stereocenters. The zero-order valence-electron chi connectivity index (χ0n) is 15.1. The van der Waals surface area contributed by atoms with Gasteiger partial charge in [-0.2, -0.15) is 4.72 Å². The van der Waals surface area contributed by atoms with Gasteiger partial charge in [-0.05, 0) is 45.8 Å². The van der Waals surface area contributed by atoms with Gasteiger partial charge in [0, 0.05) is 11.5 Å². The van der Waals surface area contributed by atoms with Crippen LogP contribution in [0.15, 0.2) is 88.2 Å². The highest BCUT2D eigenvalue weighted by atomic mass is 79.9. The first kappa shape index (κ1) is 18.9. The van der Waals surface area contributed by atoms with E-state index in [1.165, 1.54) is 0 Å². The molecule has 28 heavy (non-hydrogen) atoms. The first-order valence-electron chi connectivity index (χ1n) is 8.70. The normalized spacial score (nSPS) is 12.9. The molecule has 5 nitrogen and oxygen atoms in total. The third-order valence-electron chi connectivity index (χ3n) is 4.61. The van der Waals surface area contributed by atoms with Gasteiger partial charge in [0.05, 0.1) is 15.9 Å². The number of imidazole rings is 1. The Labute approximate surface area is 172 Å². The molecule has 0 spiro atoms. The van der Waals surface area contributed by atoms with Crippen LogP contribution in [0.2, 0.25) is 0 Å². The second kappa shape index (κ2) is 7.50. The van der Waals surface area contributed by atoms with Crippen molar-refractivity contribution in [3.8, 4) is 0 Å². The van der Waals surface area contributed by atoms with Crippen LogP contribution in [0.4, 0.5) is 0 Å². The van der Waals surface area contributed by atoms with Crippen molar-refractivity contribution >= 4 is 37.0 Å². The van der Waals surface area contributed by atoms with Crippen molar-refractivity contribution in [1.82, 2.24) is 14.3 Å². The Bertz CT molecular complexity index is 1240. The fourth-order valence-corrected chi connectivity index (χ4v) is 5.40. The van der Waals surface area contributed by atoms with Crippen molar-refractivity contribution in [1.29, 1.82) is 0 Å². The van der Waals surface area contributed by atoms with Crippen molar-refractivity contribution in [3.05, 3.63) is 94.7 Å². The van der Waals surface area contributed by atoms with Gasteiger partial charge in [-0.25, -0.2) is 13.4 Å². The zero-order valence-corrected chi connectivity index (χ0v) is 17.5. The lowest BCUT2D eigenvalue weighted by molar-refractivity contribution is 0.563. The maximum atomic E-state index is 13.2. The van der Waals surface area contributed by atoms with Crippen LogP contribution in [0, 0.1) is 0 Å². The van der Waals surface area contributed by atoms with Crippen molar-refractivity contribution in [2.45, 2.75) is 10.9 Å². The van der Waals surface area contributed by atoms with E-state index >= 15 is 0 Å². The summed E-state index contributed by atoms with van der Waals surface area (Å²) < 4.78 is 31.6. The van der Waals surface area contributed by atoms with E-state index in [0.29, 0.717) is 10.3 Å². The predicted molar refractivity (Wildman–Crippen MR) is 113 cm³/mol. The standard InChI is InChI=1S/C21H18BrN3O2S/c1-25-18-13-7-6-12-17(18)23-21(25)20(15-9-3-2-4-10-15)24-28(26,27)19-14-8-5-11-16(19)22/h2-14,20,24H,1H3. The Morgan fingerprint density at radius 3 is 2.29 bits per heavy atom. The largest absolute Gasteiger partial charge is 0.329 e. The molecule has 0 aliphatic rings. The van der Waals surface area contributed by atoms with Crippen molar-refractivity contribution in [2.75, 3.05) is 0 Å². The summed E-state index contributed by atoms with van der Waals surface area (Å²) in [6.45, 7) is 0. The highest BCUT2D eigenvalue weighted by Crippen LogP contribution is 2.28. The molecular formula is C21H18BrN3O2S. The molecule has 142 valence electrons. The monoisotopic (exact) mass is 455 g/mol. The lowest BCUT2D eigenvalue weighted by atomic mass is 10.1. The molecule has 0 saturated carbocycles. The molecule has 0 aliphatic heterocycles. The number of rotatable bonds is 5. The number of sulfonamides is 1. The maximum Gasteiger partial charge on any atom is 0.242 e. The SMILES string of the molecule is Cn1c(C(NS(=O)(=O)c2ccccc2Br)c2ccccc2)nc2ccccc21. The number of para-hydroxylation sites is 2. The summed E-state index contributed by atoms with van der Waals surface area (Å²) in [5.74, 6) is 0.628. The van der Waals surface area contributed by atoms with E-state index in [0.717, 1.165) is 16.6 Å². The van der Waals surface area contributed by atoms with Gasteiger partial charge in [0.15, 0.2) is 0 Å². The first-order valence-corrected chi connectivity index (χ1v) is 11.0. The van der Waals surface area contributed by atoms with Gasteiger partial charge in [-0.1, -0.05) is 54.6 Å². The molecule has 1 aromatic heterocycles. The number of nitrogens with zero attached hydrogens (tertiary/aromatic N) is 2. The average molecular weight is 456 g/mol. The fourth-order valence-electron chi connectivity index (χ4n) is 3.22. The van der Waals surface area contributed by atoms with E-state index in [4.69, 9.17) is 4.98 Å². The summed E-state index contributed by atoms with van der Waals surface area (Å²) in [4.78, 5) is 4.90. The van der Waals surface area contributed by atoms with Gasteiger partial charge in [-0.3, -0.25) is 0 Å². The van der Waals surface area contributed by atoms with E-state index < -0.39 is 16.1 Å². The summed E-state index contributed by atoms with van der Waals surface area (Å²) in [6.07, 6.45) is 0. The number of nitrogens with one attached hydrogen (secondary N) is 1. The second-order valence-electron chi connectivity index (χ2n) is 6.41. The van der Waals surface area contributed by atoms with Crippen LogP contribution < -0.4 is 4.72 Å². The van der Waals surface area contributed by atoms with Crippen molar-refractivity contribution in [2.24, 2.45) is 7.05 Å². The van der Waals surface area contributed by atoms with Crippen molar-refractivity contribution in [3.63, 3.8) is 0 Å². The molecule has 3 aromatic carbocycles. The molecular weight excluding hydrogens is 438 g/mol. The maximum absolute atomic E-state index is 13.2. The number of hydrogen-bond acceptors (Lipinski definition) is 3. The Morgan fingerprint density at radius 2 is 1.57 bits per heavy atom. The highest BCUT2D eigenvalue weighted by Gasteiger charge is 2.27. The number of aromatic nitrogens is 2. The third-order valence-corrected chi connectivity index (χ3v) is 7.05. The Balaban J connectivity index is 1.85. The quantitative estimate of drug-likeness (QED) is 0.484. The molecule has 0 radical (unpaired) electrons. The van der Waals surface area contributed by atoms with Gasteiger partial charge in [0.25, 0.3) is 0 Å². The number of aryl methyl sites for hydroxylation is 1. The minimum atomic E-state index is -3.79. The van der Waals surface area contributed by atoms with Gasteiger partial charge in [0.2, 0.25) is 10.0 Å². The van der Waals surface area contributed by atoms with E-state index in [-0.39, 0.29) is 4.90 Å². The second-order valence-corrected chi connectivity index (χ2v) is 8.95. The first-order chi connectivity index (χ1) is 13.5. The molecule has 4 aromatic rings. The van der Waals surface area contributed by atoms with Crippen LogP contribution in [-0.4, -0.2) is 18.0 Å². The van der Waals surface area contributed by atoms with Gasteiger partial charge >= 0.3 is 0 Å². The van der Waals surface area contributed by atoms with Crippen LogP contribution >= 0.6 is 15.9 Å². The third kappa shape index (κ3) is 3.48. The van der Waals surface area contributed by atoms with Gasteiger partial charge in [-0.15, -0.1) is 0 Å². The Morgan fingerprint density at radius 1 is 0.929 bits per heavy atom. The molecule has 0 saturated heterocycles. The summed E-state index contributed by atoms with van der Waals surface area (Å²) in [7, 11) is -1.89. The summed E-state index contributed by atoms with van der Waals surface area (Å²) in [5.41, 5.74) is 2.58. The number of halogens is 1. The van der Waals surface area contributed by atoms with Crippen LogP contribution in [0.1, 0.15) is 17.4 Å². The molecule has 0 amide bonds. The Kier molecular flexibility index (Phi) is 5.05. The topological polar surface area (TPSA) is 64.0 Å². The van der Waals surface area contributed by atoms with E-state index in [2.05, 4.69) is 20.7 Å². The molecule has 0 aliphatic carbocycles. The van der Waals surface area contributed by atoms with Crippen molar-refractivity contribution < 1.29 is 8.42 Å². The minimum Gasteiger partial charge on any atom is -0.329 e. The van der Waals surface area contributed by atoms with Crippen LogP contribution in [0.3, 0.4) is 0 Å². The molecule has 1 unspecified atom stereocenters. The van der Waals surface area contributed by atoms with Gasteiger partial charge in [0.1, 0.15) is 11.9 Å². The van der Waals surface area contributed by atoms with E-state index in [1.54, 1.807) is 24.3 Å². The number of fused-ring (bicyclic) bond motifs is 1. The zero-order chi connectivity index (χ0) is 19.7. The number of benzene rings is 3. The molecule has 1 heterocycles. The predicted octanol–water partition coefficient (Wildman–Crippen LogP) is 4.40. The van der Waals surface area contributed by atoms with E-state index in [9.17, 15) is 8.42 Å².